The Bertz CT molecular complexity index is 1210. The molecule has 2 aromatic carbocycles. The zero-order valence-electron chi connectivity index (χ0n) is 20.9. The van der Waals surface area contributed by atoms with Crippen LogP contribution in [0.5, 0.6) is 0 Å². The number of piperidine rings is 1. The number of fused-ring (bicyclic) bond motifs is 1. The molecule has 35 heavy (non-hydrogen) atoms. The molecule has 1 atom stereocenters. The number of pyridine rings is 1. The normalized spacial score (nSPS) is 19.6. The lowest BCUT2D eigenvalue weighted by Crippen LogP contribution is -2.51. The molecular formula is C30H37N3O2. The molecule has 1 amide bonds. The van der Waals surface area contributed by atoms with Crippen LogP contribution in [0.15, 0.2) is 65.5 Å². The van der Waals surface area contributed by atoms with Gasteiger partial charge in [-0.3, -0.25) is 14.5 Å². The van der Waals surface area contributed by atoms with Gasteiger partial charge in [0.1, 0.15) is 0 Å². The van der Waals surface area contributed by atoms with Crippen molar-refractivity contribution in [3.63, 3.8) is 0 Å². The smallest absolute Gasteiger partial charge is 0.255 e. The van der Waals surface area contributed by atoms with Gasteiger partial charge < -0.3 is 9.47 Å². The molecular weight excluding hydrogens is 434 g/mol. The van der Waals surface area contributed by atoms with E-state index in [2.05, 4.69) is 40.1 Å². The molecule has 2 heterocycles. The van der Waals surface area contributed by atoms with E-state index in [9.17, 15) is 9.59 Å². The summed E-state index contributed by atoms with van der Waals surface area (Å²) in [6, 6.07) is 20.7. The molecule has 1 aliphatic heterocycles. The zero-order valence-corrected chi connectivity index (χ0v) is 20.9. The minimum atomic E-state index is 0.00194. The number of aromatic nitrogens is 1. The van der Waals surface area contributed by atoms with Crippen molar-refractivity contribution in [3.05, 3.63) is 82.1 Å². The molecule has 3 aromatic rings. The second-order valence-electron chi connectivity index (χ2n) is 10.4. The zero-order chi connectivity index (χ0) is 24.2. The van der Waals surface area contributed by atoms with Crippen LogP contribution in [0.4, 0.5) is 0 Å². The number of para-hydroxylation sites is 1. The molecule has 2 fully saturated rings. The maximum absolute atomic E-state index is 13.9. The van der Waals surface area contributed by atoms with Gasteiger partial charge in [0.15, 0.2) is 0 Å². The lowest BCUT2D eigenvalue weighted by Gasteiger charge is -2.41. The number of aryl methyl sites for hydroxylation is 1. The van der Waals surface area contributed by atoms with Crippen LogP contribution in [0.25, 0.3) is 10.9 Å². The highest BCUT2D eigenvalue weighted by Gasteiger charge is 2.33. The standard InChI is InChI=1S/C30H37N3O2/c1-31-28-17-9-8-15-25(28)19-26(29(31)34)21-33(30(35)24-13-6-3-7-14-24)27-16-10-18-32(22-27)20-23-11-4-2-5-12-23/h2,4-5,8-9,11-12,15,17,19,24,27H,3,6-7,10,13-14,16,18,20-22H2,1H3. The Hall–Kier alpha value is -2.92. The molecule has 0 radical (unpaired) electrons. The van der Waals surface area contributed by atoms with E-state index in [1.165, 1.54) is 12.0 Å². The first-order valence-corrected chi connectivity index (χ1v) is 13.2. The summed E-state index contributed by atoms with van der Waals surface area (Å²) in [6.45, 7) is 3.22. The SMILES string of the molecule is Cn1c(=O)c(CN(C(=O)C2CCCCC2)C2CCCN(Cc3ccccc3)C2)cc2ccccc21. The lowest BCUT2D eigenvalue weighted by molar-refractivity contribution is -0.141. The quantitative estimate of drug-likeness (QED) is 0.502. The molecule has 2 aliphatic rings. The highest BCUT2D eigenvalue weighted by atomic mass is 16.2. The number of hydrogen-bond donors (Lipinski definition) is 0. The molecule has 1 saturated heterocycles. The molecule has 0 spiro atoms. The summed E-state index contributed by atoms with van der Waals surface area (Å²) < 4.78 is 1.73. The van der Waals surface area contributed by atoms with Crippen molar-refractivity contribution in [3.8, 4) is 0 Å². The average molecular weight is 472 g/mol. The van der Waals surface area contributed by atoms with Crippen LogP contribution in [-0.2, 0) is 24.9 Å². The fourth-order valence-electron chi connectivity index (χ4n) is 6.03. The molecule has 1 saturated carbocycles. The summed E-state index contributed by atoms with van der Waals surface area (Å²) in [7, 11) is 1.84. The van der Waals surface area contributed by atoms with Gasteiger partial charge in [-0.05, 0) is 55.3 Å². The van der Waals surface area contributed by atoms with Gasteiger partial charge >= 0.3 is 0 Å². The summed E-state index contributed by atoms with van der Waals surface area (Å²) in [4.78, 5) is 31.8. The van der Waals surface area contributed by atoms with Gasteiger partial charge in [0, 0.05) is 37.7 Å². The van der Waals surface area contributed by atoms with Crippen LogP contribution in [0.3, 0.4) is 0 Å². The van der Waals surface area contributed by atoms with Crippen molar-refractivity contribution in [2.45, 2.75) is 64.1 Å². The maximum atomic E-state index is 13.9. The molecule has 0 N–H and O–H groups in total. The number of nitrogens with zero attached hydrogens (tertiary/aromatic N) is 3. The Balaban J connectivity index is 1.43. The third-order valence-corrected chi connectivity index (χ3v) is 7.96. The number of amides is 1. The van der Waals surface area contributed by atoms with E-state index in [1.807, 2.05) is 37.4 Å². The van der Waals surface area contributed by atoms with Gasteiger partial charge in [-0.15, -0.1) is 0 Å². The summed E-state index contributed by atoms with van der Waals surface area (Å²) in [6.07, 6.45) is 7.51. The van der Waals surface area contributed by atoms with Gasteiger partial charge in [-0.25, -0.2) is 0 Å². The van der Waals surface area contributed by atoms with Crippen LogP contribution >= 0.6 is 0 Å². The van der Waals surface area contributed by atoms with Crippen LogP contribution in [0.1, 0.15) is 56.1 Å². The van der Waals surface area contributed by atoms with Crippen molar-refractivity contribution in [1.82, 2.24) is 14.4 Å². The Labute approximate surface area is 208 Å². The van der Waals surface area contributed by atoms with E-state index >= 15 is 0 Å². The number of hydrogen-bond acceptors (Lipinski definition) is 3. The summed E-state index contributed by atoms with van der Waals surface area (Å²) in [5.41, 5.74) is 2.96. The molecule has 1 aromatic heterocycles. The first-order valence-electron chi connectivity index (χ1n) is 13.2. The predicted molar refractivity (Wildman–Crippen MR) is 141 cm³/mol. The topological polar surface area (TPSA) is 45.6 Å². The van der Waals surface area contributed by atoms with Crippen molar-refractivity contribution < 1.29 is 4.79 Å². The molecule has 5 heteroatoms. The Morgan fingerprint density at radius 1 is 0.943 bits per heavy atom. The minimum Gasteiger partial charge on any atom is -0.334 e. The third kappa shape index (κ3) is 5.35. The molecule has 0 bridgehead atoms. The first-order chi connectivity index (χ1) is 17.1. The third-order valence-electron chi connectivity index (χ3n) is 7.96. The van der Waals surface area contributed by atoms with Crippen LogP contribution in [-0.4, -0.2) is 39.4 Å². The summed E-state index contributed by atoms with van der Waals surface area (Å²) in [5.74, 6) is 0.351. The van der Waals surface area contributed by atoms with Crippen LogP contribution < -0.4 is 5.56 Å². The Morgan fingerprint density at radius 3 is 2.49 bits per heavy atom. The van der Waals surface area contributed by atoms with Gasteiger partial charge in [0.2, 0.25) is 5.91 Å². The number of likely N-dealkylation sites (tertiary alicyclic amines) is 1. The van der Waals surface area contributed by atoms with Crippen molar-refractivity contribution in [1.29, 1.82) is 0 Å². The number of benzene rings is 2. The van der Waals surface area contributed by atoms with E-state index in [0.29, 0.717) is 6.54 Å². The molecule has 5 rings (SSSR count). The monoisotopic (exact) mass is 471 g/mol. The Kier molecular flexibility index (Phi) is 7.33. The predicted octanol–water partition coefficient (Wildman–Crippen LogP) is 5.11. The van der Waals surface area contributed by atoms with Gasteiger partial charge in [-0.1, -0.05) is 67.8 Å². The average Bonchev–Trinajstić information content (AvgIpc) is 2.91. The van der Waals surface area contributed by atoms with Crippen molar-refractivity contribution >= 4 is 16.8 Å². The molecule has 1 aliphatic carbocycles. The second-order valence-corrected chi connectivity index (χ2v) is 10.4. The lowest BCUT2D eigenvalue weighted by atomic mass is 9.87. The largest absolute Gasteiger partial charge is 0.334 e. The molecule has 1 unspecified atom stereocenters. The molecule has 184 valence electrons. The molecule has 5 nitrogen and oxygen atoms in total. The second kappa shape index (κ2) is 10.8. The number of carbonyl (C=O) groups is 1. The van der Waals surface area contributed by atoms with E-state index in [0.717, 1.165) is 74.6 Å². The maximum Gasteiger partial charge on any atom is 0.255 e. The van der Waals surface area contributed by atoms with Crippen molar-refractivity contribution in [2.24, 2.45) is 13.0 Å². The van der Waals surface area contributed by atoms with E-state index in [4.69, 9.17) is 0 Å². The van der Waals surface area contributed by atoms with E-state index in [-0.39, 0.29) is 23.4 Å². The fraction of sp³-hybridized carbons (Fsp3) is 0.467. The van der Waals surface area contributed by atoms with Crippen LogP contribution in [0.2, 0.25) is 0 Å². The van der Waals surface area contributed by atoms with Gasteiger partial charge in [0.25, 0.3) is 5.56 Å². The summed E-state index contributed by atoms with van der Waals surface area (Å²) >= 11 is 0. The first kappa shape index (κ1) is 23.8. The van der Waals surface area contributed by atoms with Crippen LogP contribution in [0, 0.1) is 5.92 Å². The minimum absolute atomic E-state index is 0.00194. The fourth-order valence-corrected chi connectivity index (χ4v) is 6.03. The van der Waals surface area contributed by atoms with E-state index in [1.54, 1.807) is 4.57 Å². The number of carbonyl (C=O) groups excluding carboxylic acids is 1. The Morgan fingerprint density at radius 2 is 1.69 bits per heavy atom. The highest BCUT2D eigenvalue weighted by molar-refractivity contribution is 5.81. The van der Waals surface area contributed by atoms with E-state index < -0.39 is 0 Å². The number of rotatable bonds is 6. The van der Waals surface area contributed by atoms with Crippen molar-refractivity contribution in [2.75, 3.05) is 13.1 Å². The van der Waals surface area contributed by atoms with Gasteiger partial charge in [0.05, 0.1) is 12.1 Å². The summed E-state index contributed by atoms with van der Waals surface area (Å²) in [5, 5.41) is 1.05. The van der Waals surface area contributed by atoms with Gasteiger partial charge in [-0.2, -0.15) is 0 Å². The highest BCUT2D eigenvalue weighted by Crippen LogP contribution is 2.29.